The van der Waals surface area contributed by atoms with E-state index in [0.717, 1.165) is 17.1 Å². The van der Waals surface area contributed by atoms with E-state index in [4.69, 9.17) is 4.74 Å². The first-order chi connectivity index (χ1) is 14.0. The van der Waals surface area contributed by atoms with Crippen LogP contribution in [-0.2, 0) is 11.3 Å². The highest BCUT2D eigenvalue weighted by Gasteiger charge is 2.13. The van der Waals surface area contributed by atoms with Crippen molar-refractivity contribution in [3.05, 3.63) is 78.1 Å². The summed E-state index contributed by atoms with van der Waals surface area (Å²) in [5, 5.41) is 10.1. The Balaban J connectivity index is 1.46. The number of nitrogens with one attached hydrogen (secondary N) is 2. The molecular weight excluding hydrogens is 368 g/mol. The van der Waals surface area contributed by atoms with E-state index >= 15 is 0 Å². The monoisotopic (exact) mass is 392 g/mol. The van der Waals surface area contributed by atoms with Gasteiger partial charge in [0.2, 0.25) is 5.91 Å². The fraction of sp³-hybridized carbons (Fsp3) is 0.227. The highest BCUT2D eigenvalue weighted by Crippen LogP contribution is 2.14. The molecule has 0 bridgehead atoms. The molecule has 7 nitrogen and oxygen atoms in total. The topological polar surface area (TPSA) is 85.2 Å². The van der Waals surface area contributed by atoms with Crippen molar-refractivity contribution in [2.45, 2.75) is 25.9 Å². The summed E-state index contributed by atoms with van der Waals surface area (Å²) in [6.45, 7) is 2.13. The summed E-state index contributed by atoms with van der Waals surface area (Å²) >= 11 is 0. The minimum atomic E-state index is -0.278. The van der Waals surface area contributed by atoms with Gasteiger partial charge in [-0.15, -0.1) is 0 Å². The summed E-state index contributed by atoms with van der Waals surface area (Å²) in [7, 11) is 1.62. The Morgan fingerprint density at radius 2 is 1.79 bits per heavy atom. The van der Waals surface area contributed by atoms with Crippen LogP contribution in [0.25, 0.3) is 5.69 Å². The van der Waals surface area contributed by atoms with E-state index < -0.39 is 0 Å². The van der Waals surface area contributed by atoms with Gasteiger partial charge < -0.3 is 15.4 Å². The van der Waals surface area contributed by atoms with Gasteiger partial charge in [-0.05, 0) is 49.4 Å². The number of methoxy groups -OCH3 is 1. The van der Waals surface area contributed by atoms with Crippen molar-refractivity contribution in [1.29, 1.82) is 0 Å². The van der Waals surface area contributed by atoms with Crippen molar-refractivity contribution in [1.82, 2.24) is 20.4 Å². The highest BCUT2D eigenvalue weighted by molar-refractivity contribution is 5.94. The lowest BCUT2D eigenvalue weighted by Crippen LogP contribution is -2.37. The number of aromatic nitrogens is 2. The molecule has 0 fully saturated rings. The second kappa shape index (κ2) is 9.54. The van der Waals surface area contributed by atoms with Crippen LogP contribution in [0.5, 0.6) is 5.75 Å². The van der Waals surface area contributed by atoms with Crippen LogP contribution in [0.1, 0.15) is 29.4 Å². The van der Waals surface area contributed by atoms with E-state index in [9.17, 15) is 9.59 Å². The summed E-state index contributed by atoms with van der Waals surface area (Å²) < 4.78 is 6.89. The summed E-state index contributed by atoms with van der Waals surface area (Å²) in [6.07, 6.45) is 2.03. The van der Waals surface area contributed by atoms with Crippen molar-refractivity contribution in [3.63, 3.8) is 0 Å². The van der Waals surface area contributed by atoms with E-state index in [1.54, 1.807) is 43.0 Å². The molecule has 0 saturated carbocycles. The zero-order valence-corrected chi connectivity index (χ0v) is 16.5. The molecule has 1 heterocycles. The van der Waals surface area contributed by atoms with Crippen molar-refractivity contribution < 1.29 is 14.3 Å². The van der Waals surface area contributed by atoms with E-state index in [2.05, 4.69) is 15.7 Å². The van der Waals surface area contributed by atoms with Gasteiger partial charge in [0.05, 0.1) is 25.0 Å². The molecule has 0 aliphatic heterocycles. The molecular formula is C22H24N4O3. The number of nitrogens with zero attached hydrogens (tertiary/aromatic N) is 2. The summed E-state index contributed by atoms with van der Waals surface area (Å²) in [6, 6.07) is 18.1. The molecule has 29 heavy (non-hydrogen) atoms. The normalized spacial score (nSPS) is 11.5. The smallest absolute Gasteiger partial charge is 0.251 e. The second-order valence-electron chi connectivity index (χ2n) is 6.67. The predicted molar refractivity (Wildman–Crippen MR) is 110 cm³/mol. The van der Waals surface area contributed by atoms with Gasteiger partial charge in [0.25, 0.3) is 5.91 Å². The van der Waals surface area contributed by atoms with E-state index in [0.29, 0.717) is 12.1 Å². The summed E-state index contributed by atoms with van der Waals surface area (Å²) in [4.78, 5) is 24.3. The number of benzene rings is 2. The van der Waals surface area contributed by atoms with Crippen molar-refractivity contribution >= 4 is 11.8 Å². The average Bonchev–Trinajstić information content (AvgIpc) is 3.22. The molecule has 1 aromatic heterocycles. The number of ether oxygens (including phenoxy) is 1. The summed E-state index contributed by atoms with van der Waals surface area (Å²) in [5.74, 6) is 0.441. The third kappa shape index (κ3) is 5.68. The Morgan fingerprint density at radius 1 is 1.07 bits per heavy atom. The molecule has 7 heteroatoms. The van der Waals surface area contributed by atoms with Crippen LogP contribution >= 0.6 is 0 Å². The minimum absolute atomic E-state index is 0.148. The average molecular weight is 392 g/mol. The molecule has 0 radical (unpaired) electrons. The van der Waals surface area contributed by atoms with Crippen molar-refractivity contribution in [3.8, 4) is 11.4 Å². The molecule has 2 aromatic carbocycles. The van der Waals surface area contributed by atoms with Gasteiger partial charge in [-0.1, -0.05) is 18.2 Å². The van der Waals surface area contributed by atoms with Crippen molar-refractivity contribution in [2.75, 3.05) is 7.11 Å². The fourth-order valence-electron chi connectivity index (χ4n) is 2.82. The van der Waals surface area contributed by atoms with E-state index in [1.807, 2.05) is 42.6 Å². The number of amides is 2. The van der Waals surface area contributed by atoms with Crippen LogP contribution in [0.2, 0.25) is 0 Å². The second-order valence-corrected chi connectivity index (χ2v) is 6.67. The maximum atomic E-state index is 12.2. The largest absolute Gasteiger partial charge is 0.497 e. The van der Waals surface area contributed by atoms with Crippen LogP contribution in [-0.4, -0.2) is 34.7 Å². The SMILES string of the molecule is COc1ccc(-n2ccc(CNC(=O)CC(C)NC(=O)c3ccccc3)n2)cc1. The number of hydrogen-bond acceptors (Lipinski definition) is 4. The molecule has 0 saturated heterocycles. The first kappa shape index (κ1) is 20.1. The Bertz CT molecular complexity index is 952. The highest BCUT2D eigenvalue weighted by atomic mass is 16.5. The zero-order chi connectivity index (χ0) is 20.6. The molecule has 150 valence electrons. The lowest BCUT2D eigenvalue weighted by Gasteiger charge is -2.13. The standard InChI is InChI=1S/C22H24N4O3/c1-16(24-22(28)17-6-4-3-5-7-17)14-21(27)23-15-18-12-13-26(25-18)19-8-10-20(29-2)11-9-19/h3-13,16H,14-15H2,1-2H3,(H,23,27)(H,24,28). The Morgan fingerprint density at radius 3 is 2.48 bits per heavy atom. The first-order valence-corrected chi connectivity index (χ1v) is 9.37. The molecule has 0 spiro atoms. The number of rotatable bonds is 8. The van der Waals surface area contributed by atoms with E-state index in [-0.39, 0.29) is 24.3 Å². The molecule has 3 aromatic rings. The van der Waals surface area contributed by atoms with Gasteiger partial charge in [0, 0.05) is 24.2 Å². The molecule has 2 N–H and O–H groups in total. The summed E-state index contributed by atoms with van der Waals surface area (Å²) in [5.41, 5.74) is 2.22. The van der Waals surface area contributed by atoms with Gasteiger partial charge in [0.15, 0.2) is 0 Å². The van der Waals surface area contributed by atoms with Crippen LogP contribution in [0.3, 0.4) is 0 Å². The zero-order valence-electron chi connectivity index (χ0n) is 16.5. The molecule has 3 rings (SSSR count). The molecule has 0 aliphatic carbocycles. The van der Waals surface area contributed by atoms with Crippen LogP contribution in [0.4, 0.5) is 0 Å². The minimum Gasteiger partial charge on any atom is -0.497 e. The quantitative estimate of drug-likeness (QED) is 0.617. The van der Waals surface area contributed by atoms with Gasteiger partial charge in [-0.3, -0.25) is 9.59 Å². The molecule has 1 unspecified atom stereocenters. The maximum Gasteiger partial charge on any atom is 0.251 e. The number of carbonyl (C=O) groups excluding carboxylic acids is 2. The fourth-order valence-corrected chi connectivity index (χ4v) is 2.82. The molecule has 0 aliphatic rings. The van der Waals surface area contributed by atoms with Crippen molar-refractivity contribution in [2.24, 2.45) is 0 Å². The Labute approximate surface area is 169 Å². The first-order valence-electron chi connectivity index (χ1n) is 9.37. The Hall–Kier alpha value is -3.61. The Kier molecular flexibility index (Phi) is 6.63. The molecule has 2 amide bonds. The van der Waals surface area contributed by atoms with Crippen LogP contribution in [0, 0.1) is 0 Å². The predicted octanol–water partition coefficient (Wildman–Crippen LogP) is 2.71. The maximum absolute atomic E-state index is 12.2. The number of carbonyl (C=O) groups is 2. The van der Waals surface area contributed by atoms with Crippen LogP contribution in [0.15, 0.2) is 66.9 Å². The third-order valence-electron chi connectivity index (χ3n) is 4.35. The van der Waals surface area contributed by atoms with Gasteiger partial charge >= 0.3 is 0 Å². The number of hydrogen-bond donors (Lipinski definition) is 2. The lowest BCUT2D eigenvalue weighted by molar-refractivity contribution is -0.121. The van der Waals surface area contributed by atoms with E-state index in [1.165, 1.54) is 0 Å². The van der Waals surface area contributed by atoms with Gasteiger partial charge in [-0.2, -0.15) is 5.10 Å². The van der Waals surface area contributed by atoms with Gasteiger partial charge in [-0.25, -0.2) is 4.68 Å². The lowest BCUT2D eigenvalue weighted by atomic mass is 10.1. The van der Waals surface area contributed by atoms with Gasteiger partial charge in [0.1, 0.15) is 5.75 Å². The molecule has 1 atom stereocenters. The van der Waals surface area contributed by atoms with Crippen LogP contribution < -0.4 is 15.4 Å². The third-order valence-corrected chi connectivity index (χ3v) is 4.35.